The van der Waals surface area contributed by atoms with Gasteiger partial charge in [0.05, 0.1) is 0 Å². The summed E-state index contributed by atoms with van der Waals surface area (Å²) in [5.41, 5.74) is 1.67. The summed E-state index contributed by atoms with van der Waals surface area (Å²) in [6.07, 6.45) is 4.94. The summed E-state index contributed by atoms with van der Waals surface area (Å²) in [5, 5.41) is 0. The molecular weight excluding hydrogens is 284 g/mol. The average Bonchev–Trinajstić information content (AvgIpc) is 2.41. The third-order valence-electron chi connectivity index (χ3n) is 3.63. The van der Waals surface area contributed by atoms with Crippen LogP contribution in [-0.4, -0.2) is 30.9 Å². The molecule has 0 heterocycles. The van der Waals surface area contributed by atoms with Crippen LogP contribution < -0.4 is 0 Å². The molecule has 120 valence electrons. The van der Waals surface area contributed by atoms with E-state index in [-0.39, 0.29) is 12.0 Å². The van der Waals surface area contributed by atoms with Crippen LogP contribution in [0.4, 0.5) is 0 Å². The van der Waals surface area contributed by atoms with Crippen molar-refractivity contribution in [2.45, 2.75) is 40.7 Å². The lowest BCUT2D eigenvalue weighted by molar-refractivity contribution is -0.141. The molecule has 0 aliphatic heterocycles. The average molecular weight is 306 g/mol. The number of carbonyl (C=O) groups excluding carboxylic acids is 3. The Balaban J connectivity index is 2.78. The van der Waals surface area contributed by atoms with Crippen molar-refractivity contribution in [1.29, 1.82) is 0 Å². The van der Waals surface area contributed by atoms with Crippen LogP contribution in [0, 0.1) is 5.41 Å². The van der Waals surface area contributed by atoms with E-state index >= 15 is 0 Å². The molecule has 0 N–H and O–H groups in total. The topological polar surface area (TPSA) is 69.7 Å². The largest absolute Gasteiger partial charge is 0.461 e. The van der Waals surface area contributed by atoms with Crippen LogP contribution in [-0.2, 0) is 23.9 Å². The molecule has 0 radical (unpaired) electrons. The van der Waals surface area contributed by atoms with Crippen LogP contribution in [0.3, 0.4) is 0 Å². The van der Waals surface area contributed by atoms with Gasteiger partial charge < -0.3 is 9.47 Å². The van der Waals surface area contributed by atoms with Gasteiger partial charge in [-0.05, 0) is 25.5 Å². The van der Waals surface area contributed by atoms with E-state index in [1.54, 1.807) is 13.0 Å². The van der Waals surface area contributed by atoms with E-state index in [2.05, 4.69) is 0 Å². The smallest absolute Gasteiger partial charge is 0.331 e. The first kappa shape index (κ1) is 17.9. The fraction of sp³-hybridized carbons (Fsp3) is 0.471. The summed E-state index contributed by atoms with van der Waals surface area (Å²) in [4.78, 5) is 33.9. The molecule has 0 aromatic carbocycles. The van der Waals surface area contributed by atoms with Gasteiger partial charge in [-0.25, -0.2) is 4.79 Å². The van der Waals surface area contributed by atoms with Crippen molar-refractivity contribution >= 4 is 18.2 Å². The molecule has 5 heteroatoms. The maximum atomic E-state index is 11.9. The van der Waals surface area contributed by atoms with Gasteiger partial charge in [-0.2, -0.15) is 0 Å². The number of aldehydes is 1. The molecule has 0 saturated heterocycles. The van der Waals surface area contributed by atoms with E-state index < -0.39 is 18.0 Å². The van der Waals surface area contributed by atoms with Crippen molar-refractivity contribution < 1.29 is 23.9 Å². The lowest BCUT2D eigenvalue weighted by Crippen LogP contribution is -2.27. The van der Waals surface area contributed by atoms with Crippen molar-refractivity contribution in [3.05, 3.63) is 34.9 Å². The Labute approximate surface area is 130 Å². The molecule has 1 aliphatic rings. The normalized spacial score (nSPS) is 20.6. The second-order valence-corrected chi connectivity index (χ2v) is 5.91. The van der Waals surface area contributed by atoms with E-state index in [0.717, 1.165) is 11.9 Å². The number of carbonyl (C=O) groups is 3. The second kappa shape index (κ2) is 7.20. The predicted molar refractivity (Wildman–Crippen MR) is 82.0 cm³/mol. The van der Waals surface area contributed by atoms with E-state index in [1.807, 2.05) is 26.8 Å². The molecule has 5 nitrogen and oxygen atoms in total. The van der Waals surface area contributed by atoms with Crippen molar-refractivity contribution in [3.63, 3.8) is 0 Å². The van der Waals surface area contributed by atoms with Gasteiger partial charge in [0.1, 0.15) is 19.0 Å². The van der Waals surface area contributed by atoms with Gasteiger partial charge in [-0.3, -0.25) is 9.59 Å². The Kier molecular flexibility index (Phi) is 5.85. The number of allylic oxidation sites excluding steroid dienone is 2. The summed E-state index contributed by atoms with van der Waals surface area (Å²) >= 11 is 0. The van der Waals surface area contributed by atoms with Crippen LogP contribution >= 0.6 is 0 Å². The minimum absolute atomic E-state index is 0.0351. The van der Waals surface area contributed by atoms with Gasteiger partial charge in [0.25, 0.3) is 0 Å². The van der Waals surface area contributed by atoms with Gasteiger partial charge >= 0.3 is 11.9 Å². The Bertz CT molecular complexity index is 564. The Morgan fingerprint density at radius 3 is 2.50 bits per heavy atom. The molecule has 1 unspecified atom stereocenters. The van der Waals surface area contributed by atoms with E-state index in [4.69, 9.17) is 9.47 Å². The molecule has 0 saturated carbocycles. The highest BCUT2D eigenvalue weighted by Gasteiger charge is 2.29. The molecular formula is C17H22O5. The lowest BCUT2D eigenvalue weighted by Gasteiger charge is -2.30. The Morgan fingerprint density at radius 2 is 1.95 bits per heavy atom. The predicted octanol–water partition coefficient (Wildman–Crippen LogP) is 2.52. The first-order valence-electron chi connectivity index (χ1n) is 7.04. The quantitative estimate of drug-likeness (QED) is 0.338. The van der Waals surface area contributed by atoms with E-state index in [0.29, 0.717) is 11.1 Å². The molecule has 1 atom stereocenters. The summed E-state index contributed by atoms with van der Waals surface area (Å²) in [6, 6.07) is 0. The van der Waals surface area contributed by atoms with Gasteiger partial charge in [0.15, 0.2) is 0 Å². The highest BCUT2D eigenvalue weighted by atomic mass is 16.5. The van der Waals surface area contributed by atoms with Crippen molar-refractivity contribution in [2.75, 3.05) is 6.61 Å². The van der Waals surface area contributed by atoms with E-state index in [1.165, 1.54) is 13.0 Å². The maximum absolute atomic E-state index is 11.9. The van der Waals surface area contributed by atoms with Crippen molar-refractivity contribution in [1.82, 2.24) is 0 Å². The molecule has 0 aromatic rings. The third-order valence-corrected chi connectivity index (χ3v) is 3.63. The van der Waals surface area contributed by atoms with E-state index in [9.17, 15) is 14.4 Å². The molecule has 1 aliphatic carbocycles. The maximum Gasteiger partial charge on any atom is 0.331 e. The minimum atomic E-state index is -0.684. The van der Waals surface area contributed by atoms with Crippen LogP contribution in [0.2, 0.25) is 0 Å². The van der Waals surface area contributed by atoms with Crippen LogP contribution in [0.25, 0.3) is 0 Å². The van der Waals surface area contributed by atoms with Crippen molar-refractivity contribution in [2.24, 2.45) is 5.41 Å². The molecule has 0 amide bonds. The number of ether oxygens (including phenoxy) is 2. The Hall–Kier alpha value is -2.17. The van der Waals surface area contributed by atoms with Crippen molar-refractivity contribution in [3.8, 4) is 0 Å². The lowest BCUT2D eigenvalue weighted by atomic mass is 9.77. The number of esters is 2. The fourth-order valence-electron chi connectivity index (χ4n) is 2.02. The van der Waals surface area contributed by atoms with Gasteiger partial charge in [-0.15, -0.1) is 0 Å². The number of rotatable bonds is 5. The first-order chi connectivity index (χ1) is 10.2. The van der Waals surface area contributed by atoms with Crippen LogP contribution in [0.1, 0.15) is 34.6 Å². The molecule has 0 spiro atoms. The molecule has 1 rings (SSSR count). The zero-order chi connectivity index (χ0) is 16.9. The van der Waals surface area contributed by atoms with Gasteiger partial charge in [0, 0.05) is 24.0 Å². The van der Waals surface area contributed by atoms with Crippen LogP contribution in [0.15, 0.2) is 34.9 Å². The third kappa shape index (κ3) is 4.69. The Morgan fingerprint density at radius 1 is 1.32 bits per heavy atom. The minimum Gasteiger partial charge on any atom is -0.461 e. The summed E-state index contributed by atoms with van der Waals surface area (Å²) < 4.78 is 10.1. The first-order valence-corrected chi connectivity index (χ1v) is 7.04. The fourth-order valence-corrected chi connectivity index (χ4v) is 2.02. The second-order valence-electron chi connectivity index (χ2n) is 5.91. The molecule has 0 fully saturated rings. The van der Waals surface area contributed by atoms with Gasteiger partial charge in [0.2, 0.25) is 0 Å². The zero-order valence-electron chi connectivity index (χ0n) is 13.6. The highest BCUT2D eigenvalue weighted by molar-refractivity contribution is 5.85. The summed E-state index contributed by atoms with van der Waals surface area (Å²) in [5.74, 6) is -0.994. The zero-order valence-corrected chi connectivity index (χ0v) is 13.6. The monoisotopic (exact) mass is 306 g/mol. The number of hydrogen-bond acceptors (Lipinski definition) is 5. The summed E-state index contributed by atoms with van der Waals surface area (Å²) in [6.45, 7) is 8.83. The standard InChI is InChI=1S/C17H22O5/c1-11(10-21-13(3)19)8-16(20)22-15-6-7-17(4,5)12(2)14(15)9-18/h6-9,15H,10H2,1-5H3. The summed E-state index contributed by atoms with van der Waals surface area (Å²) in [7, 11) is 0. The molecule has 0 bridgehead atoms. The van der Waals surface area contributed by atoms with Crippen LogP contribution in [0.5, 0.6) is 0 Å². The van der Waals surface area contributed by atoms with Gasteiger partial charge in [-0.1, -0.05) is 25.5 Å². The molecule has 22 heavy (non-hydrogen) atoms. The number of hydrogen-bond donors (Lipinski definition) is 0. The molecule has 0 aromatic heterocycles. The SMILES string of the molecule is CC(=O)OCC(C)=CC(=O)OC1C=CC(C)(C)C(C)=C1C=O. The highest BCUT2D eigenvalue weighted by Crippen LogP contribution is 2.35.